The van der Waals surface area contributed by atoms with Gasteiger partial charge in [0, 0.05) is 11.1 Å². The molecule has 3 heteroatoms. The Morgan fingerprint density at radius 2 is 0.604 bits per heavy atom. The van der Waals surface area contributed by atoms with Gasteiger partial charge in [-0.3, -0.25) is 0 Å². The Kier molecular flexibility index (Phi) is 30.5. The predicted molar refractivity (Wildman–Crippen MR) is 212 cm³/mol. The van der Waals surface area contributed by atoms with E-state index in [2.05, 4.69) is 27.7 Å². The lowest BCUT2D eigenvalue weighted by molar-refractivity contribution is 0.278. The standard InChI is InChI=1S/C45H84O3/c1-5-9-13-17-21-24-28-32-36-40-41(37-33-29-25-22-18-14-10-6-2)43(46)44(47)45(48-39-35-31-27-20-16-12-8-4)42(40)38-34-30-26-23-19-15-11-7-3/h46-47H,5-39H2,1-4H3. The third kappa shape index (κ3) is 21.7. The Bertz CT molecular complexity index is 778. The summed E-state index contributed by atoms with van der Waals surface area (Å²) in [6.07, 6.45) is 42.5. The van der Waals surface area contributed by atoms with Gasteiger partial charge in [0.25, 0.3) is 0 Å². The molecule has 0 atom stereocenters. The largest absolute Gasteiger partial charge is 0.504 e. The molecule has 0 heterocycles. The zero-order valence-corrected chi connectivity index (χ0v) is 33.1. The minimum absolute atomic E-state index is 0.0155. The molecule has 48 heavy (non-hydrogen) atoms. The van der Waals surface area contributed by atoms with Gasteiger partial charge in [0.15, 0.2) is 11.5 Å². The molecule has 0 amide bonds. The van der Waals surface area contributed by atoms with E-state index >= 15 is 0 Å². The fourth-order valence-electron chi connectivity index (χ4n) is 7.39. The molecule has 0 aliphatic heterocycles. The van der Waals surface area contributed by atoms with Crippen molar-refractivity contribution in [1.82, 2.24) is 0 Å². The molecule has 1 aromatic carbocycles. The summed E-state index contributed by atoms with van der Waals surface area (Å²) >= 11 is 0. The number of hydrogen-bond donors (Lipinski definition) is 2. The minimum atomic E-state index is 0.0155. The van der Waals surface area contributed by atoms with E-state index in [0.717, 1.165) is 50.5 Å². The Hall–Kier alpha value is -1.38. The van der Waals surface area contributed by atoms with Crippen LogP contribution in [0, 0.1) is 0 Å². The monoisotopic (exact) mass is 673 g/mol. The van der Waals surface area contributed by atoms with Crippen LogP contribution in [-0.2, 0) is 19.3 Å². The van der Waals surface area contributed by atoms with Crippen molar-refractivity contribution in [2.45, 2.75) is 246 Å². The van der Waals surface area contributed by atoms with Crippen molar-refractivity contribution in [3.63, 3.8) is 0 Å². The maximum atomic E-state index is 11.5. The summed E-state index contributed by atoms with van der Waals surface area (Å²) in [5.74, 6) is 0.735. The van der Waals surface area contributed by atoms with E-state index in [-0.39, 0.29) is 11.5 Å². The second kappa shape index (κ2) is 32.8. The number of ether oxygens (including phenoxy) is 1. The van der Waals surface area contributed by atoms with Crippen LogP contribution < -0.4 is 4.74 Å². The van der Waals surface area contributed by atoms with Gasteiger partial charge in [0.2, 0.25) is 5.75 Å². The maximum Gasteiger partial charge on any atom is 0.201 e. The van der Waals surface area contributed by atoms with Gasteiger partial charge in [-0.05, 0) is 50.5 Å². The topological polar surface area (TPSA) is 49.7 Å². The lowest BCUT2D eigenvalue weighted by Crippen LogP contribution is -2.08. The second-order valence-electron chi connectivity index (χ2n) is 15.1. The number of phenolic OH excluding ortho intramolecular Hbond substituents is 2. The predicted octanol–water partition coefficient (Wildman–Crippen LogP) is 15.3. The fraction of sp³-hybridized carbons (Fsp3) is 0.867. The Morgan fingerprint density at radius 3 is 0.979 bits per heavy atom. The summed E-state index contributed by atoms with van der Waals surface area (Å²) in [4.78, 5) is 0. The first-order valence-electron chi connectivity index (χ1n) is 21.8. The molecule has 0 aromatic heterocycles. The molecule has 282 valence electrons. The summed E-state index contributed by atoms with van der Waals surface area (Å²) < 4.78 is 6.46. The third-order valence-corrected chi connectivity index (χ3v) is 10.6. The van der Waals surface area contributed by atoms with Crippen molar-refractivity contribution >= 4 is 0 Å². The number of unbranched alkanes of at least 4 members (excludes halogenated alkanes) is 27. The summed E-state index contributed by atoms with van der Waals surface area (Å²) in [5.41, 5.74) is 3.56. The van der Waals surface area contributed by atoms with Gasteiger partial charge in [-0.2, -0.15) is 0 Å². The van der Waals surface area contributed by atoms with Crippen LogP contribution in [0.3, 0.4) is 0 Å². The Labute approximate surface area is 300 Å². The highest BCUT2D eigenvalue weighted by Crippen LogP contribution is 2.46. The van der Waals surface area contributed by atoms with Crippen molar-refractivity contribution in [1.29, 1.82) is 0 Å². The van der Waals surface area contributed by atoms with Crippen LogP contribution in [0.25, 0.3) is 0 Å². The zero-order chi connectivity index (χ0) is 34.9. The van der Waals surface area contributed by atoms with Crippen molar-refractivity contribution < 1.29 is 14.9 Å². The van der Waals surface area contributed by atoms with Crippen LogP contribution in [0.2, 0.25) is 0 Å². The molecule has 1 rings (SSSR count). The average molecular weight is 673 g/mol. The first-order chi connectivity index (χ1) is 23.6. The van der Waals surface area contributed by atoms with Crippen LogP contribution in [0.1, 0.15) is 243 Å². The van der Waals surface area contributed by atoms with E-state index in [1.807, 2.05) is 0 Å². The Morgan fingerprint density at radius 1 is 0.312 bits per heavy atom. The van der Waals surface area contributed by atoms with Gasteiger partial charge < -0.3 is 14.9 Å². The molecule has 0 spiro atoms. The van der Waals surface area contributed by atoms with E-state index in [1.54, 1.807) is 0 Å². The number of benzene rings is 1. The second-order valence-corrected chi connectivity index (χ2v) is 15.1. The summed E-state index contributed by atoms with van der Waals surface area (Å²) in [6.45, 7) is 9.75. The molecule has 1 aromatic rings. The van der Waals surface area contributed by atoms with Crippen molar-refractivity contribution in [3.05, 3.63) is 16.7 Å². The first kappa shape index (κ1) is 44.6. The molecule has 2 N–H and O–H groups in total. The normalized spacial score (nSPS) is 11.5. The molecule has 0 radical (unpaired) electrons. The van der Waals surface area contributed by atoms with E-state index in [9.17, 15) is 10.2 Å². The van der Waals surface area contributed by atoms with Crippen LogP contribution in [0.5, 0.6) is 17.2 Å². The molecule has 3 nitrogen and oxygen atoms in total. The number of aromatic hydroxyl groups is 2. The summed E-state index contributed by atoms with van der Waals surface area (Å²) in [6, 6.07) is 0. The molecule has 0 fully saturated rings. The lowest BCUT2D eigenvalue weighted by atomic mass is 9.88. The van der Waals surface area contributed by atoms with Gasteiger partial charge in [0.1, 0.15) is 0 Å². The van der Waals surface area contributed by atoms with E-state index in [1.165, 1.54) is 184 Å². The van der Waals surface area contributed by atoms with Crippen LogP contribution in [0.15, 0.2) is 0 Å². The third-order valence-electron chi connectivity index (χ3n) is 10.6. The first-order valence-corrected chi connectivity index (χ1v) is 21.8. The minimum Gasteiger partial charge on any atom is -0.504 e. The van der Waals surface area contributed by atoms with E-state index in [0.29, 0.717) is 12.4 Å². The van der Waals surface area contributed by atoms with Gasteiger partial charge in [-0.1, -0.05) is 201 Å². The molecular formula is C45H84O3. The summed E-state index contributed by atoms with van der Waals surface area (Å²) in [5, 5.41) is 23.0. The van der Waals surface area contributed by atoms with E-state index in [4.69, 9.17) is 4.74 Å². The maximum absolute atomic E-state index is 11.5. The number of rotatable bonds is 36. The van der Waals surface area contributed by atoms with Gasteiger partial charge in [-0.25, -0.2) is 0 Å². The SMILES string of the molecule is CCCCCCCCCCc1c(O)c(O)c(OCCCCCCCCC)c(CCCCCCCCCC)c1CCCCCCCCCC. The number of hydrogen-bond acceptors (Lipinski definition) is 3. The van der Waals surface area contributed by atoms with E-state index < -0.39 is 0 Å². The molecule has 0 saturated heterocycles. The van der Waals surface area contributed by atoms with Gasteiger partial charge in [-0.15, -0.1) is 0 Å². The molecule has 0 aliphatic carbocycles. The van der Waals surface area contributed by atoms with Crippen LogP contribution in [0.4, 0.5) is 0 Å². The van der Waals surface area contributed by atoms with Gasteiger partial charge >= 0.3 is 0 Å². The summed E-state index contributed by atoms with van der Waals surface area (Å²) in [7, 11) is 0. The molecule has 0 aliphatic rings. The lowest BCUT2D eigenvalue weighted by Gasteiger charge is -2.23. The van der Waals surface area contributed by atoms with Crippen molar-refractivity contribution in [2.24, 2.45) is 0 Å². The number of phenols is 2. The van der Waals surface area contributed by atoms with Crippen LogP contribution in [-0.4, -0.2) is 16.8 Å². The Balaban J connectivity index is 3.06. The smallest absolute Gasteiger partial charge is 0.201 e. The highest BCUT2D eigenvalue weighted by molar-refractivity contribution is 5.62. The molecule has 0 bridgehead atoms. The van der Waals surface area contributed by atoms with Gasteiger partial charge in [0.05, 0.1) is 6.61 Å². The quantitative estimate of drug-likeness (QED) is 0.0551. The highest BCUT2D eigenvalue weighted by atomic mass is 16.5. The zero-order valence-electron chi connectivity index (χ0n) is 33.1. The fourth-order valence-corrected chi connectivity index (χ4v) is 7.39. The molecule has 0 unspecified atom stereocenters. The highest BCUT2D eigenvalue weighted by Gasteiger charge is 2.24. The average Bonchev–Trinajstić information content (AvgIpc) is 3.09. The van der Waals surface area contributed by atoms with Crippen LogP contribution >= 0.6 is 0 Å². The van der Waals surface area contributed by atoms with Crippen molar-refractivity contribution in [2.75, 3.05) is 6.61 Å². The molecule has 0 saturated carbocycles. The van der Waals surface area contributed by atoms with Crippen molar-refractivity contribution in [3.8, 4) is 17.2 Å². The molecular weight excluding hydrogens is 588 g/mol.